The van der Waals surface area contributed by atoms with Crippen molar-refractivity contribution in [3.05, 3.63) is 36.0 Å². The average Bonchev–Trinajstić information content (AvgIpc) is 3.04. The van der Waals surface area contributed by atoms with E-state index in [9.17, 15) is 4.79 Å². The van der Waals surface area contributed by atoms with E-state index in [1.807, 2.05) is 30.3 Å². The molecule has 134 valence electrons. The lowest BCUT2D eigenvalue weighted by Crippen LogP contribution is -2.38. The third-order valence-electron chi connectivity index (χ3n) is 4.64. The summed E-state index contributed by atoms with van der Waals surface area (Å²) < 4.78 is 6.88. The molecule has 1 aromatic heterocycles. The zero-order chi connectivity index (χ0) is 17.6. The first kappa shape index (κ1) is 17.5. The van der Waals surface area contributed by atoms with E-state index in [1.165, 1.54) is 19.3 Å². The fourth-order valence-electron chi connectivity index (χ4n) is 3.20. The monoisotopic (exact) mass is 342 g/mol. The summed E-state index contributed by atoms with van der Waals surface area (Å²) in [6.07, 6.45) is 3.85. The number of hydrogen-bond acceptors (Lipinski definition) is 4. The van der Waals surface area contributed by atoms with Crippen LogP contribution in [0.4, 0.5) is 0 Å². The summed E-state index contributed by atoms with van der Waals surface area (Å²) in [6, 6.07) is 9.51. The van der Waals surface area contributed by atoms with Gasteiger partial charge < -0.3 is 15.0 Å². The summed E-state index contributed by atoms with van der Waals surface area (Å²) in [4.78, 5) is 14.9. The van der Waals surface area contributed by atoms with E-state index in [0.717, 1.165) is 36.6 Å². The Hall–Kier alpha value is -2.34. The van der Waals surface area contributed by atoms with Crippen LogP contribution in [0.5, 0.6) is 5.75 Å². The minimum absolute atomic E-state index is 0.0823. The standard InChI is InChI=1S/C19H26N4O2/c1-22-18(19(24)20-9-12-23-10-4-3-5-11-23)14-17(21-22)15-7-6-8-16(13-15)25-2/h6-8,13-14H,3-5,9-12H2,1-2H3,(H,20,24). The maximum Gasteiger partial charge on any atom is 0.269 e. The first-order valence-electron chi connectivity index (χ1n) is 8.86. The number of nitrogens with zero attached hydrogens (tertiary/aromatic N) is 3. The average molecular weight is 342 g/mol. The first-order chi connectivity index (χ1) is 12.2. The highest BCUT2D eigenvalue weighted by atomic mass is 16.5. The van der Waals surface area contributed by atoms with E-state index < -0.39 is 0 Å². The fraction of sp³-hybridized carbons (Fsp3) is 0.474. The zero-order valence-corrected chi connectivity index (χ0v) is 15.0. The van der Waals surface area contributed by atoms with Gasteiger partial charge in [0.15, 0.2) is 0 Å². The summed E-state index contributed by atoms with van der Waals surface area (Å²) in [5.74, 6) is 0.692. The number of nitrogens with one attached hydrogen (secondary N) is 1. The molecule has 6 nitrogen and oxygen atoms in total. The van der Waals surface area contributed by atoms with Gasteiger partial charge in [0, 0.05) is 25.7 Å². The van der Waals surface area contributed by atoms with Crippen molar-refractivity contribution in [3.8, 4) is 17.0 Å². The molecule has 0 bridgehead atoms. The number of rotatable bonds is 6. The van der Waals surface area contributed by atoms with Gasteiger partial charge in [-0.1, -0.05) is 18.6 Å². The van der Waals surface area contributed by atoms with Gasteiger partial charge in [0.05, 0.1) is 12.8 Å². The molecular formula is C19H26N4O2. The molecule has 0 spiro atoms. The number of aromatic nitrogens is 2. The quantitative estimate of drug-likeness (QED) is 0.875. The summed E-state index contributed by atoms with van der Waals surface area (Å²) >= 11 is 0. The summed E-state index contributed by atoms with van der Waals surface area (Å²) in [7, 11) is 3.43. The van der Waals surface area contributed by atoms with Crippen molar-refractivity contribution in [1.29, 1.82) is 0 Å². The molecule has 1 N–H and O–H groups in total. The molecule has 1 aliphatic rings. The minimum atomic E-state index is -0.0823. The lowest BCUT2D eigenvalue weighted by Gasteiger charge is -2.26. The van der Waals surface area contributed by atoms with Crippen LogP contribution in [0.3, 0.4) is 0 Å². The van der Waals surface area contributed by atoms with E-state index in [0.29, 0.717) is 12.2 Å². The molecule has 0 saturated carbocycles. The van der Waals surface area contributed by atoms with Crippen molar-refractivity contribution in [1.82, 2.24) is 20.0 Å². The third kappa shape index (κ3) is 4.39. The second kappa shape index (κ2) is 8.16. The second-order valence-electron chi connectivity index (χ2n) is 6.43. The number of methoxy groups -OCH3 is 1. The number of piperidine rings is 1. The number of hydrogen-bond donors (Lipinski definition) is 1. The van der Waals surface area contributed by atoms with Crippen molar-refractivity contribution in [2.24, 2.45) is 7.05 Å². The van der Waals surface area contributed by atoms with Crippen molar-refractivity contribution >= 4 is 5.91 Å². The number of ether oxygens (including phenoxy) is 1. The van der Waals surface area contributed by atoms with Gasteiger partial charge in [-0.15, -0.1) is 0 Å². The Morgan fingerprint density at radius 2 is 2.04 bits per heavy atom. The Labute approximate surface area is 148 Å². The van der Waals surface area contributed by atoms with Gasteiger partial charge in [0.2, 0.25) is 0 Å². The number of benzene rings is 1. The van der Waals surface area contributed by atoms with Crippen molar-refractivity contribution in [2.75, 3.05) is 33.3 Å². The van der Waals surface area contributed by atoms with Gasteiger partial charge >= 0.3 is 0 Å². The normalized spacial score (nSPS) is 15.1. The Bertz CT molecular complexity index is 720. The Morgan fingerprint density at radius 1 is 1.24 bits per heavy atom. The summed E-state index contributed by atoms with van der Waals surface area (Å²) in [5.41, 5.74) is 2.27. The molecule has 25 heavy (non-hydrogen) atoms. The van der Waals surface area contributed by atoms with E-state index in [2.05, 4.69) is 15.3 Å². The highest BCUT2D eigenvalue weighted by Crippen LogP contribution is 2.23. The number of likely N-dealkylation sites (tertiary alicyclic amines) is 1. The first-order valence-corrected chi connectivity index (χ1v) is 8.86. The Morgan fingerprint density at radius 3 is 2.80 bits per heavy atom. The zero-order valence-electron chi connectivity index (χ0n) is 15.0. The van der Waals surface area contributed by atoms with Crippen LogP contribution in [-0.2, 0) is 7.05 Å². The summed E-state index contributed by atoms with van der Waals surface area (Å²) in [6.45, 7) is 3.86. The molecule has 0 radical (unpaired) electrons. The van der Waals surface area contributed by atoms with Crippen LogP contribution < -0.4 is 10.1 Å². The molecule has 1 aromatic carbocycles. The van der Waals surface area contributed by atoms with E-state index >= 15 is 0 Å². The van der Waals surface area contributed by atoms with Gasteiger partial charge in [-0.25, -0.2) is 0 Å². The van der Waals surface area contributed by atoms with E-state index in [-0.39, 0.29) is 5.91 Å². The maximum atomic E-state index is 12.5. The van der Waals surface area contributed by atoms with Gasteiger partial charge in [-0.3, -0.25) is 9.48 Å². The van der Waals surface area contributed by atoms with Crippen LogP contribution >= 0.6 is 0 Å². The van der Waals surface area contributed by atoms with E-state index in [1.54, 1.807) is 18.8 Å². The maximum absolute atomic E-state index is 12.5. The lowest BCUT2D eigenvalue weighted by atomic mass is 10.1. The van der Waals surface area contributed by atoms with Gasteiger partial charge in [-0.05, 0) is 44.1 Å². The number of carbonyl (C=O) groups excluding carboxylic acids is 1. The number of amides is 1. The molecule has 0 atom stereocenters. The smallest absolute Gasteiger partial charge is 0.269 e. The van der Waals surface area contributed by atoms with Crippen molar-refractivity contribution in [3.63, 3.8) is 0 Å². The predicted octanol–water partition coefficient (Wildman–Crippen LogP) is 2.31. The number of aryl methyl sites for hydroxylation is 1. The topological polar surface area (TPSA) is 59.4 Å². The molecule has 2 aromatic rings. The largest absolute Gasteiger partial charge is 0.497 e. The van der Waals surface area contributed by atoms with Crippen molar-refractivity contribution < 1.29 is 9.53 Å². The van der Waals surface area contributed by atoms with Crippen LogP contribution in [0.2, 0.25) is 0 Å². The Kier molecular flexibility index (Phi) is 5.71. The molecule has 3 rings (SSSR count). The highest BCUT2D eigenvalue weighted by molar-refractivity contribution is 5.93. The Balaban J connectivity index is 1.61. The SMILES string of the molecule is COc1cccc(-c2cc(C(=O)NCCN3CCCCC3)n(C)n2)c1. The van der Waals surface area contributed by atoms with Gasteiger partial charge in [-0.2, -0.15) is 5.10 Å². The van der Waals surface area contributed by atoms with Crippen molar-refractivity contribution in [2.45, 2.75) is 19.3 Å². The molecule has 1 fully saturated rings. The van der Waals surface area contributed by atoms with Crippen LogP contribution in [0.25, 0.3) is 11.3 Å². The molecule has 0 unspecified atom stereocenters. The third-order valence-corrected chi connectivity index (χ3v) is 4.64. The second-order valence-corrected chi connectivity index (χ2v) is 6.43. The molecule has 1 saturated heterocycles. The number of carbonyl (C=O) groups is 1. The molecule has 1 aliphatic heterocycles. The van der Waals surface area contributed by atoms with Gasteiger partial charge in [0.25, 0.3) is 5.91 Å². The van der Waals surface area contributed by atoms with Crippen LogP contribution in [-0.4, -0.2) is 53.9 Å². The van der Waals surface area contributed by atoms with Crippen LogP contribution in [0, 0.1) is 0 Å². The van der Waals surface area contributed by atoms with Crippen LogP contribution in [0.1, 0.15) is 29.8 Å². The predicted molar refractivity (Wildman–Crippen MR) is 97.8 cm³/mol. The minimum Gasteiger partial charge on any atom is -0.497 e. The highest BCUT2D eigenvalue weighted by Gasteiger charge is 2.15. The summed E-state index contributed by atoms with van der Waals surface area (Å²) in [5, 5.41) is 7.47. The van der Waals surface area contributed by atoms with Crippen LogP contribution in [0.15, 0.2) is 30.3 Å². The fourth-order valence-corrected chi connectivity index (χ4v) is 3.20. The molecule has 6 heteroatoms. The lowest BCUT2D eigenvalue weighted by molar-refractivity contribution is 0.0937. The van der Waals surface area contributed by atoms with E-state index in [4.69, 9.17) is 4.74 Å². The van der Waals surface area contributed by atoms with Gasteiger partial charge in [0.1, 0.15) is 11.4 Å². The molecule has 1 amide bonds. The molecule has 2 heterocycles. The molecule has 0 aliphatic carbocycles. The molecular weight excluding hydrogens is 316 g/mol.